The van der Waals surface area contributed by atoms with Crippen molar-refractivity contribution in [1.29, 1.82) is 0 Å². The van der Waals surface area contributed by atoms with Crippen LogP contribution in [0.15, 0.2) is 78.4 Å². The van der Waals surface area contributed by atoms with Crippen LogP contribution in [0, 0.1) is 6.92 Å². The van der Waals surface area contributed by atoms with Crippen molar-refractivity contribution in [2.75, 3.05) is 11.5 Å². The van der Waals surface area contributed by atoms with Crippen molar-refractivity contribution in [2.24, 2.45) is 0 Å². The fraction of sp³-hybridized carbons (Fsp3) is 0.185. The largest absolute Gasteiger partial charge is 0.507 e. The maximum Gasteiger partial charge on any atom is 0.300 e. The number of hydrogen-bond acceptors (Lipinski definition) is 4. The van der Waals surface area contributed by atoms with Gasteiger partial charge in [-0.25, -0.2) is 0 Å². The number of carbonyl (C=O) groups is 2. The molecule has 3 aromatic carbocycles. The maximum atomic E-state index is 13.3. The first-order chi connectivity index (χ1) is 15.9. The summed E-state index contributed by atoms with van der Waals surface area (Å²) in [5.74, 6) is -1.13. The van der Waals surface area contributed by atoms with Gasteiger partial charge in [0.15, 0.2) is 0 Å². The number of ketones is 1. The van der Waals surface area contributed by atoms with E-state index in [-0.39, 0.29) is 11.3 Å². The smallest absolute Gasteiger partial charge is 0.300 e. The number of benzene rings is 3. The second-order valence-corrected chi connectivity index (χ2v) is 8.32. The summed E-state index contributed by atoms with van der Waals surface area (Å²) in [7, 11) is 0. The molecule has 1 atom stereocenters. The summed E-state index contributed by atoms with van der Waals surface area (Å²) in [6.45, 7) is 4.39. The van der Waals surface area contributed by atoms with Crippen LogP contribution in [0.4, 0.5) is 5.69 Å². The minimum absolute atomic E-state index is 0.0261. The van der Waals surface area contributed by atoms with Crippen molar-refractivity contribution in [1.82, 2.24) is 0 Å². The Hall–Kier alpha value is -3.57. The molecule has 1 unspecified atom stereocenters. The van der Waals surface area contributed by atoms with Crippen LogP contribution in [-0.2, 0) is 9.59 Å². The number of Topliss-reactive ketones (excluding diaryl/α,β-unsaturated/α-hetero) is 1. The van der Waals surface area contributed by atoms with E-state index in [1.54, 1.807) is 42.5 Å². The van der Waals surface area contributed by atoms with E-state index in [0.29, 0.717) is 34.2 Å². The Balaban J connectivity index is 1.91. The molecular formula is C27H24ClNO4. The van der Waals surface area contributed by atoms with Crippen LogP contribution in [0.3, 0.4) is 0 Å². The second kappa shape index (κ2) is 9.51. The number of aliphatic hydroxyl groups excluding tert-OH is 1. The Morgan fingerprint density at radius 2 is 1.79 bits per heavy atom. The molecule has 1 N–H and O–H groups in total. The van der Waals surface area contributed by atoms with Crippen molar-refractivity contribution in [3.8, 4) is 5.75 Å². The zero-order chi connectivity index (χ0) is 23.5. The van der Waals surface area contributed by atoms with Crippen LogP contribution < -0.4 is 9.64 Å². The van der Waals surface area contributed by atoms with Crippen LogP contribution in [0.5, 0.6) is 5.75 Å². The number of rotatable bonds is 6. The van der Waals surface area contributed by atoms with Gasteiger partial charge in [0.25, 0.3) is 11.7 Å². The third-order valence-electron chi connectivity index (χ3n) is 5.57. The number of amides is 1. The molecule has 168 valence electrons. The summed E-state index contributed by atoms with van der Waals surface area (Å²) in [4.78, 5) is 28.0. The van der Waals surface area contributed by atoms with Gasteiger partial charge in [-0.15, -0.1) is 0 Å². The standard InChI is InChI=1S/C27H24ClNO4/c1-3-14-33-21-11-7-10-19(15-21)25(30)23-24(18-8-5-4-6-9-18)29(27(32)26(23)31)22-16-20(28)13-12-17(22)2/h4-13,15-16,24,30H,3,14H2,1-2H3/b25-23+. The molecule has 6 heteroatoms. The van der Waals surface area contributed by atoms with Gasteiger partial charge in [0.2, 0.25) is 0 Å². The lowest BCUT2D eigenvalue weighted by atomic mass is 9.95. The highest BCUT2D eigenvalue weighted by Crippen LogP contribution is 2.43. The lowest BCUT2D eigenvalue weighted by Gasteiger charge is -2.27. The van der Waals surface area contributed by atoms with Gasteiger partial charge in [-0.05, 0) is 48.7 Å². The molecule has 0 aliphatic carbocycles. The molecule has 1 saturated heterocycles. The number of anilines is 1. The Labute approximate surface area is 197 Å². The van der Waals surface area contributed by atoms with E-state index in [1.165, 1.54) is 4.90 Å². The fourth-order valence-electron chi connectivity index (χ4n) is 3.98. The lowest BCUT2D eigenvalue weighted by molar-refractivity contribution is -0.132. The molecule has 1 amide bonds. The summed E-state index contributed by atoms with van der Waals surface area (Å²) in [6, 6.07) is 20.5. The molecule has 1 fully saturated rings. The van der Waals surface area contributed by atoms with Crippen molar-refractivity contribution in [3.63, 3.8) is 0 Å². The Kier molecular flexibility index (Phi) is 6.52. The number of nitrogens with zero attached hydrogens (tertiary/aromatic N) is 1. The SMILES string of the molecule is CCCOc1cccc(/C(O)=C2\C(=O)C(=O)N(c3cc(Cl)ccc3C)C2c2ccccc2)c1. The molecule has 4 rings (SSSR count). The zero-order valence-electron chi connectivity index (χ0n) is 18.4. The van der Waals surface area contributed by atoms with E-state index in [9.17, 15) is 14.7 Å². The van der Waals surface area contributed by atoms with Gasteiger partial charge in [-0.1, -0.05) is 67.1 Å². The first-order valence-electron chi connectivity index (χ1n) is 10.8. The van der Waals surface area contributed by atoms with Crippen LogP contribution in [0.2, 0.25) is 5.02 Å². The number of carbonyl (C=O) groups excluding carboxylic acids is 2. The van der Waals surface area contributed by atoms with Crippen molar-refractivity contribution in [3.05, 3.63) is 100 Å². The van der Waals surface area contributed by atoms with Gasteiger partial charge >= 0.3 is 0 Å². The van der Waals surface area contributed by atoms with Crippen LogP contribution in [0.1, 0.15) is 36.1 Å². The molecule has 33 heavy (non-hydrogen) atoms. The van der Waals surface area contributed by atoms with E-state index >= 15 is 0 Å². The van der Waals surface area contributed by atoms with Gasteiger partial charge < -0.3 is 9.84 Å². The van der Waals surface area contributed by atoms with Crippen molar-refractivity contribution < 1.29 is 19.4 Å². The van der Waals surface area contributed by atoms with Crippen LogP contribution >= 0.6 is 11.6 Å². The molecule has 3 aromatic rings. The molecule has 0 spiro atoms. The Morgan fingerprint density at radius 1 is 1.03 bits per heavy atom. The van der Waals surface area contributed by atoms with Gasteiger partial charge in [0.1, 0.15) is 11.5 Å². The first-order valence-corrected chi connectivity index (χ1v) is 11.2. The number of halogens is 1. The van der Waals surface area contributed by atoms with Gasteiger partial charge in [0.05, 0.1) is 18.2 Å². The molecule has 0 saturated carbocycles. The quantitative estimate of drug-likeness (QED) is 0.275. The maximum absolute atomic E-state index is 13.3. The van der Waals surface area contributed by atoms with E-state index in [2.05, 4.69) is 0 Å². The molecule has 0 aromatic heterocycles. The fourth-order valence-corrected chi connectivity index (χ4v) is 4.15. The number of ether oxygens (including phenoxy) is 1. The predicted octanol–water partition coefficient (Wildman–Crippen LogP) is 6.06. The third-order valence-corrected chi connectivity index (χ3v) is 5.81. The lowest BCUT2D eigenvalue weighted by Crippen LogP contribution is -2.30. The van der Waals surface area contributed by atoms with E-state index in [1.807, 2.05) is 44.2 Å². The molecule has 0 radical (unpaired) electrons. The minimum Gasteiger partial charge on any atom is -0.507 e. The van der Waals surface area contributed by atoms with Gasteiger partial charge in [0, 0.05) is 16.3 Å². The van der Waals surface area contributed by atoms with Crippen LogP contribution in [0.25, 0.3) is 5.76 Å². The summed E-state index contributed by atoms with van der Waals surface area (Å²) in [5.41, 5.74) is 2.45. The number of hydrogen-bond donors (Lipinski definition) is 1. The average Bonchev–Trinajstić information content (AvgIpc) is 3.10. The average molecular weight is 462 g/mol. The van der Waals surface area contributed by atoms with Crippen molar-refractivity contribution in [2.45, 2.75) is 26.3 Å². The molecule has 1 aliphatic heterocycles. The monoisotopic (exact) mass is 461 g/mol. The molecule has 0 bridgehead atoms. The Morgan fingerprint density at radius 3 is 2.52 bits per heavy atom. The molecule has 1 aliphatic rings. The van der Waals surface area contributed by atoms with Gasteiger partial charge in [-0.2, -0.15) is 0 Å². The number of aryl methyl sites for hydroxylation is 1. The highest BCUT2D eigenvalue weighted by molar-refractivity contribution is 6.52. The minimum atomic E-state index is -0.802. The summed E-state index contributed by atoms with van der Waals surface area (Å²) >= 11 is 6.23. The summed E-state index contributed by atoms with van der Waals surface area (Å²) in [6.07, 6.45) is 0.842. The summed E-state index contributed by atoms with van der Waals surface area (Å²) < 4.78 is 5.68. The molecule has 1 heterocycles. The third kappa shape index (κ3) is 4.37. The molecular weight excluding hydrogens is 438 g/mol. The molecule has 5 nitrogen and oxygen atoms in total. The van der Waals surface area contributed by atoms with Gasteiger partial charge in [-0.3, -0.25) is 14.5 Å². The number of aliphatic hydroxyl groups is 1. The highest BCUT2D eigenvalue weighted by Gasteiger charge is 2.47. The van der Waals surface area contributed by atoms with E-state index < -0.39 is 17.7 Å². The second-order valence-electron chi connectivity index (χ2n) is 7.89. The zero-order valence-corrected chi connectivity index (χ0v) is 19.2. The highest BCUT2D eigenvalue weighted by atomic mass is 35.5. The normalized spacial score (nSPS) is 17.4. The van der Waals surface area contributed by atoms with E-state index in [0.717, 1.165) is 12.0 Å². The van der Waals surface area contributed by atoms with Crippen molar-refractivity contribution >= 4 is 34.7 Å². The Bertz CT molecular complexity index is 1240. The summed E-state index contributed by atoms with van der Waals surface area (Å²) in [5, 5.41) is 11.7. The topological polar surface area (TPSA) is 66.8 Å². The first kappa shape index (κ1) is 22.6. The predicted molar refractivity (Wildman–Crippen MR) is 130 cm³/mol. The van der Waals surface area contributed by atoms with Crippen LogP contribution in [-0.4, -0.2) is 23.4 Å². The van der Waals surface area contributed by atoms with E-state index in [4.69, 9.17) is 16.3 Å².